The SMILES string of the molecule is Nc1cccc(C(O)c2cc(Cl)ccc2Cl)c1. The van der Waals surface area contributed by atoms with Crippen LogP contribution in [0.15, 0.2) is 42.5 Å². The van der Waals surface area contributed by atoms with Crippen LogP contribution in [0, 0.1) is 0 Å². The van der Waals surface area contributed by atoms with E-state index in [1.54, 1.807) is 42.5 Å². The second-order valence-corrected chi connectivity index (χ2v) is 4.58. The molecular formula is C13H11Cl2NO. The predicted molar refractivity (Wildman–Crippen MR) is 71.4 cm³/mol. The van der Waals surface area contributed by atoms with Crippen LogP contribution in [0.3, 0.4) is 0 Å². The zero-order valence-electron chi connectivity index (χ0n) is 8.90. The Labute approximate surface area is 110 Å². The van der Waals surface area contributed by atoms with Crippen LogP contribution in [0.25, 0.3) is 0 Å². The van der Waals surface area contributed by atoms with Crippen molar-refractivity contribution < 1.29 is 5.11 Å². The summed E-state index contributed by atoms with van der Waals surface area (Å²) in [7, 11) is 0. The molecule has 0 amide bonds. The molecule has 0 fully saturated rings. The lowest BCUT2D eigenvalue weighted by Gasteiger charge is -2.14. The highest BCUT2D eigenvalue weighted by atomic mass is 35.5. The first-order valence-electron chi connectivity index (χ1n) is 5.06. The van der Waals surface area contributed by atoms with Crippen LogP contribution in [0.2, 0.25) is 10.0 Å². The maximum atomic E-state index is 10.2. The summed E-state index contributed by atoms with van der Waals surface area (Å²) in [5, 5.41) is 11.2. The van der Waals surface area contributed by atoms with Crippen LogP contribution in [0.4, 0.5) is 5.69 Å². The van der Waals surface area contributed by atoms with Gasteiger partial charge in [0.15, 0.2) is 0 Å². The summed E-state index contributed by atoms with van der Waals surface area (Å²) in [5.74, 6) is 0. The molecule has 88 valence electrons. The Kier molecular flexibility index (Phi) is 3.57. The Morgan fingerprint density at radius 1 is 1.06 bits per heavy atom. The van der Waals surface area contributed by atoms with Gasteiger partial charge in [-0.3, -0.25) is 0 Å². The topological polar surface area (TPSA) is 46.2 Å². The number of hydrogen-bond acceptors (Lipinski definition) is 2. The average Bonchev–Trinajstić information content (AvgIpc) is 2.31. The fourth-order valence-electron chi connectivity index (χ4n) is 1.63. The quantitative estimate of drug-likeness (QED) is 0.816. The number of halogens is 2. The number of nitrogen functional groups attached to an aromatic ring is 1. The van der Waals surface area contributed by atoms with Gasteiger partial charge in [0.1, 0.15) is 6.10 Å². The Morgan fingerprint density at radius 3 is 2.53 bits per heavy atom. The monoisotopic (exact) mass is 267 g/mol. The normalized spacial score (nSPS) is 12.4. The molecule has 1 unspecified atom stereocenters. The minimum atomic E-state index is -0.829. The first kappa shape index (κ1) is 12.2. The van der Waals surface area contributed by atoms with Crippen LogP contribution in [0.5, 0.6) is 0 Å². The Morgan fingerprint density at radius 2 is 1.82 bits per heavy atom. The number of hydrogen-bond donors (Lipinski definition) is 2. The molecule has 0 saturated heterocycles. The summed E-state index contributed by atoms with van der Waals surface area (Å²) < 4.78 is 0. The van der Waals surface area contributed by atoms with Crippen molar-refractivity contribution in [2.24, 2.45) is 0 Å². The van der Waals surface area contributed by atoms with Crippen molar-refractivity contribution in [1.82, 2.24) is 0 Å². The predicted octanol–water partition coefficient (Wildman–Crippen LogP) is 3.66. The van der Waals surface area contributed by atoms with Gasteiger partial charge >= 0.3 is 0 Å². The Bertz CT molecular complexity index is 543. The molecular weight excluding hydrogens is 257 g/mol. The second-order valence-electron chi connectivity index (χ2n) is 3.74. The molecule has 0 aliphatic rings. The molecule has 4 heteroatoms. The van der Waals surface area contributed by atoms with Gasteiger partial charge in [0.05, 0.1) is 0 Å². The third kappa shape index (κ3) is 2.72. The number of aliphatic hydroxyl groups is 1. The number of rotatable bonds is 2. The van der Waals surface area contributed by atoms with Crippen LogP contribution in [0.1, 0.15) is 17.2 Å². The van der Waals surface area contributed by atoms with E-state index in [0.717, 1.165) is 0 Å². The molecule has 1 atom stereocenters. The Hall–Kier alpha value is -1.22. The molecule has 0 aliphatic heterocycles. The molecule has 0 aliphatic carbocycles. The maximum absolute atomic E-state index is 10.2. The van der Waals surface area contributed by atoms with Crippen LogP contribution < -0.4 is 5.73 Å². The highest BCUT2D eigenvalue weighted by molar-refractivity contribution is 6.33. The second kappa shape index (κ2) is 4.96. The fraction of sp³-hybridized carbons (Fsp3) is 0.0769. The van der Waals surface area contributed by atoms with Crippen molar-refractivity contribution in [3.8, 4) is 0 Å². The average molecular weight is 268 g/mol. The van der Waals surface area contributed by atoms with Crippen molar-refractivity contribution in [2.75, 3.05) is 5.73 Å². The van der Waals surface area contributed by atoms with Crippen molar-refractivity contribution in [3.05, 3.63) is 63.6 Å². The van der Waals surface area contributed by atoms with Gasteiger partial charge in [-0.25, -0.2) is 0 Å². The van der Waals surface area contributed by atoms with E-state index in [1.165, 1.54) is 0 Å². The molecule has 0 bridgehead atoms. The highest BCUT2D eigenvalue weighted by Gasteiger charge is 2.14. The minimum Gasteiger partial charge on any atom is -0.399 e. The van der Waals surface area contributed by atoms with E-state index < -0.39 is 6.10 Å². The lowest BCUT2D eigenvalue weighted by atomic mass is 10.0. The van der Waals surface area contributed by atoms with E-state index >= 15 is 0 Å². The summed E-state index contributed by atoms with van der Waals surface area (Å²) in [4.78, 5) is 0. The van der Waals surface area contributed by atoms with Crippen molar-refractivity contribution >= 4 is 28.9 Å². The molecule has 2 rings (SSSR count). The van der Waals surface area contributed by atoms with E-state index in [-0.39, 0.29) is 0 Å². The van der Waals surface area contributed by atoms with Crippen LogP contribution in [-0.2, 0) is 0 Å². The number of nitrogens with two attached hydrogens (primary N) is 1. The van der Waals surface area contributed by atoms with E-state index in [9.17, 15) is 5.11 Å². The molecule has 0 aromatic heterocycles. The summed E-state index contributed by atoms with van der Waals surface area (Å²) in [5.41, 5.74) is 7.53. The van der Waals surface area contributed by atoms with E-state index in [1.807, 2.05) is 0 Å². The van der Waals surface area contributed by atoms with Gasteiger partial charge in [0.25, 0.3) is 0 Å². The zero-order chi connectivity index (χ0) is 12.4. The zero-order valence-corrected chi connectivity index (χ0v) is 10.4. The highest BCUT2D eigenvalue weighted by Crippen LogP contribution is 2.31. The summed E-state index contributed by atoms with van der Waals surface area (Å²) >= 11 is 11.9. The largest absolute Gasteiger partial charge is 0.399 e. The van der Waals surface area contributed by atoms with Crippen molar-refractivity contribution in [2.45, 2.75) is 6.10 Å². The maximum Gasteiger partial charge on any atom is 0.106 e. The third-order valence-corrected chi connectivity index (χ3v) is 3.06. The summed E-state index contributed by atoms with van der Waals surface area (Å²) in [6.45, 7) is 0. The first-order chi connectivity index (χ1) is 8.08. The Balaban J connectivity index is 2.43. The third-order valence-electron chi connectivity index (χ3n) is 2.48. The van der Waals surface area contributed by atoms with Crippen LogP contribution >= 0.6 is 23.2 Å². The molecule has 0 spiro atoms. The first-order valence-corrected chi connectivity index (χ1v) is 5.82. The van der Waals surface area contributed by atoms with Gasteiger partial charge in [0.2, 0.25) is 0 Å². The van der Waals surface area contributed by atoms with E-state index in [0.29, 0.717) is 26.9 Å². The number of anilines is 1. The van der Waals surface area contributed by atoms with Crippen molar-refractivity contribution in [3.63, 3.8) is 0 Å². The van der Waals surface area contributed by atoms with Gasteiger partial charge in [-0.1, -0.05) is 35.3 Å². The lowest BCUT2D eigenvalue weighted by molar-refractivity contribution is 0.220. The van der Waals surface area contributed by atoms with Gasteiger partial charge in [-0.05, 0) is 35.9 Å². The van der Waals surface area contributed by atoms with E-state index in [4.69, 9.17) is 28.9 Å². The van der Waals surface area contributed by atoms with E-state index in [2.05, 4.69) is 0 Å². The number of aliphatic hydroxyl groups excluding tert-OH is 1. The molecule has 3 N–H and O–H groups in total. The molecule has 2 aromatic rings. The van der Waals surface area contributed by atoms with Gasteiger partial charge in [-0.2, -0.15) is 0 Å². The lowest BCUT2D eigenvalue weighted by Crippen LogP contribution is -2.01. The minimum absolute atomic E-state index is 0.476. The standard InChI is InChI=1S/C13H11Cl2NO/c14-9-4-5-12(15)11(7-9)13(17)8-2-1-3-10(16)6-8/h1-7,13,17H,16H2. The molecule has 2 nitrogen and oxygen atoms in total. The smallest absolute Gasteiger partial charge is 0.106 e. The van der Waals surface area contributed by atoms with Gasteiger partial charge in [-0.15, -0.1) is 0 Å². The van der Waals surface area contributed by atoms with Crippen molar-refractivity contribution in [1.29, 1.82) is 0 Å². The molecule has 0 heterocycles. The molecule has 2 aromatic carbocycles. The molecule has 0 radical (unpaired) electrons. The summed E-state index contributed by atoms with van der Waals surface area (Å²) in [6.07, 6.45) is -0.829. The van der Waals surface area contributed by atoms with Gasteiger partial charge in [0, 0.05) is 21.3 Å². The summed E-state index contributed by atoms with van der Waals surface area (Å²) in [6, 6.07) is 12.0. The van der Waals surface area contributed by atoms with Gasteiger partial charge < -0.3 is 10.8 Å². The fourth-order valence-corrected chi connectivity index (χ4v) is 2.03. The molecule has 17 heavy (non-hydrogen) atoms. The number of benzene rings is 2. The van der Waals surface area contributed by atoms with Crippen LogP contribution in [-0.4, -0.2) is 5.11 Å². The molecule has 0 saturated carbocycles.